The van der Waals surface area contributed by atoms with Gasteiger partial charge in [-0.1, -0.05) is 19.1 Å². The van der Waals surface area contributed by atoms with Crippen molar-refractivity contribution in [1.29, 1.82) is 0 Å². The number of benzene rings is 1. The molecule has 2 amide bonds. The van der Waals surface area contributed by atoms with Crippen LogP contribution < -0.4 is 4.74 Å². The van der Waals surface area contributed by atoms with Gasteiger partial charge in [-0.15, -0.1) is 0 Å². The van der Waals surface area contributed by atoms with Crippen molar-refractivity contribution in [3.63, 3.8) is 0 Å². The zero-order chi connectivity index (χ0) is 17.7. The number of ether oxygens (including phenoxy) is 2. The summed E-state index contributed by atoms with van der Waals surface area (Å²) in [7, 11) is 1.21. The predicted octanol–water partition coefficient (Wildman–Crippen LogP) is 3.07. The Bertz CT molecular complexity index is 668. The topological polar surface area (TPSA) is 72.9 Å². The zero-order valence-corrected chi connectivity index (χ0v) is 14.6. The van der Waals surface area contributed by atoms with Crippen LogP contribution in [-0.4, -0.2) is 41.8 Å². The third-order valence-electron chi connectivity index (χ3n) is 3.48. The minimum atomic E-state index is -0.634. The summed E-state index contributed by atoms with van der Waals surface area (Å²) in [5.41, 5.74) is 0.773. The van der Waals surface area contributed by atoms with Crippen LogP contribution >= 0.6 is 11.8 Å². The van der Waals surface area contributed by atoms with Crippen LogP contribution in [0.2, 0.25) is 0 Å². The van der Waals surface area contributed by atoms with E-state index in [4.69, 9.17) is 4.74 Å². The lowest BCUT2D eigenvalue weighted by Gasteiger charge is -2.12. The van der Waals surface area contributed by atoms with Crippen LogP contribution in [0.1, 0.15) is 25.8 Å². The van der Waals surface area contributed by atoms with E-state index in [1.807, 2.05) is 38.1 Å². The van der Waals surface area contributed by atoms with Crippen LogP contribution in [0.5, 0.6) is 5.75 Å². The van der Waals surface area contributed by atoms with Gasteiger partial charge in [0.1, 0.15) is 12.3 Å². The molecule has 7 heteroatoms. The van der Waals surface area contributed by atoms with Crippen LogP contribution in [0.25, 0.3) is 6.08 Å². The monoisotopic (exact) mass is 349 g/mol. The van der Waals surface area contributed by atoms with Crippen LogP contribution in [0, 0.1) is 0 Å². The van der Waals surface area contributed by atoms with Crippen molar-refractivity contribution in [2.75, 3.05) is 13.7 Å². The van der Waals surface area contributed by atoms with Gasteiger partial charge in [-0.25, -0.2) is 0 Å². The third kappa shape index (κ3) is 4.38. The summed E-state index contributed by atoms with van der Waals surface area (Å²) in [5, 5.41) is -0.478. The molecule has 0 bridgehead atoms. The summed E-state index contributed by atoms with van der Waals surface area (Å²) in [5.74, 6) is -0.374. The molecule has 1 heterocycles. The van der Waals surface area contributed by atoms with E-state index < -0.39 is 17.1 Å². The molecule has 1 fully saturated rings. The van der Waals surface area contributed by atoms with E-state index in [1.54, 1.807) is 6.08 Å². The number of hydrogen-bond donors (Lipinski definition) is 0. The summed E-state index contributed by atoms with van der Waals surface area (Å²) in [6, 6.07) is 7.26. The lowest BCUT2D eigenvalue weighted by molar-refractivity contribution is -0.143. The van der Waals surface area contributed by atoms with Crippen LogP contribution in [-0.2, 0) is 14.3 Å². The molecule has 1 aliphatic rings. The largest absolute Gasteiger partial charge is 0.491 e. The van der Waals surface area contributed by atoms with Gasteiger partial charge in [0.05, 0.1) is 18.1 Å². The third-order valence-corrected chi connectivity index (χ3v) is 4.39. The van der Waals surface area contributed by atoms with Gasteiger partial charge in [-0.2, -0.15) is 0 Å². The molecule has 0 aromatic heterocycles. The Balaban J connectivity index is 2.09. The molecule has 0 aliphatic carbocycles. The first-order valence-corrected chi connectivity index (χ1v) is 8.35. The predicted molar refractivity (Wildman–Crippen MR) is 91.5 cm³/mol. The molecule has 1 aliphatic heterocycles. The Kier molecular flexibility index (Phi) is 6.03. The molecule has 1 aromatic rings. The molecular formula is C17H19NO5S. The maximum Gasteiger partial charge on any atom is 0.325 e. The highest BCUT2D eigenvalue weighted by atomic mass is 32.2. The molecule has 0 saturated carbocycles. The van der Waals surface area contributed by atoms with Crippen molar-refractivity contribution < 1.29 is 23.9 Å². The number of esters is 1. The summed E-state index contributed by atoms with van der Waals surface area (Å²) >= 11 is 0.807. The molecule has 1 atom stereocenters. The fraction of sp³-hybridized carbons (Fsp3) is 0.353. The SMILES string of the molecule is CC[C@@H](C)Oc1ccc(/C=C2\SC(=O)N(CC(=O)OC)C2=O)cc1. The van der Waals surface area contributed by atoms with E-state index in [2.05, 4.69) is 4.74 Å². The molecule has 0 N–H and O–H groups in total. The number of rotatable bonds is 6. The Morgan fingerprint density at radius 3 is 2.54 bits per heavy atom. The van der Waals surface area contributed by atoms with Crippen molar-refractivity contribution in [1.82, 2.24) is 4.90 Å². The Labute approximate surface area is 144 Å². The number of imide groups is 1. The van der Waals surface area contributed by atoms with Crippen molar-refractivity contribution in [3.8, 4) is 5.75 Å². The highest BCUT2D eigenvalue weighted by molar-refractivity contribution is 8.18. The van der Waals surface area contributed by atoms with Crippen LogP contribution in [0.4, 0.5) is 4.79 Å². The second-order valence-electron chi connectivity index (χ2n) is 5.25. The molecule has 1 saturated heterocycles. The minimum absolute atomic E-state index is 0.130. The molecule has 0 radical (unpaired) electrons. The maximum atomic E-state index is 12.2. The van der Waals surface area contributed by atoms with Gasteiger partial charge in [0, 0.05) is 0 Å². The number of carbonyl (C=O) groups excluding carboxylic acids is 3. The van der Waals surface area contributed by atoms with Gasteiger partial charge >= 0.3 is 5.97 Å². The first-order chi connectivity index (χ1) is 11.4. The highest BCUT2D eigenvalue weighted by Crippen LogP contribution is 2.32. The quantitative estimate of drug-likeness (QED) is 0.580. The lowest BCUT2D eigenvalue weighted by Crippen LogP contribution is -2.34. The van der Waals surface area contributed by atoms with Crippen molar-refractivity contribution >= 4 is 35.0 Å². The maximum absolute atomic E-state index is 12.2. The fourth-order valence-corrected chi connectivity index (χ4v) is 2.78. The van der Waals surface area contributed by atoms with Crippen molar-refractivity contribution in [3.05, 3.63) is 34.7 Å². The van der Waals surface area contributed by atoms with Gasteiger partial charge < -0.3 is 9.47 Å². The molecule has 0 spiro atoms. The van der Waals surface area contributed by atoms with Crippen molar-refractivity contribution in [2.45, 2.75) is 26.4 Å². The second kappa shape index (κ2) is 8.01. The lowest BCUT2D eigenvalue weighted by atomic mass is 10.2. The Hall–Kier alpha value is -2.28. The molecule has 2 rings (SSSR count). The van der Waals surface area contributed by atoms with E-state index in [1.165, 1.54) is 7.11 Å². The van der Waals surface area contributed by atoms with E-state index in [9.17, 15) is 14.4 Å². The first kappa shape index (κ1) is 18.1. The molecular weight excluding hydrogens is 330 g/mol. The molecule has 6 nitrogen and oxygen atoms in total. The van der Waals surface area contributed by atoms with E-state index in [0.29, 0.717) is 0 Å². The van der Waals surface area contributed by atoms with Crippen LogP contribution in [0.3, 0.4) is 0 Å². The van der Waals surface area contributed by atoms with Gasteiger partial charge in [0.2, 0.25) is 0 Å². The number of carbonyl (C=O) groups is 3. The van der Waals surface area contributed by atoms with Gasteiger partial charge in [-0.05, 0) is 48.9 Å². The second-order valence-corrected chi connectivity index (χ2v) is 6.24. The standard InChI is InChI=1S/C17H19NO5S/c1-4-11(2)23-13-7-5-12(6-8-13)9-14-16(20)18(17(21)24-14)10-15(19)22-3/h5-9,11H,4,10H2,1-3H3/b14-9-/t11-/m1/s1. The average Bonchev–Trinajstić information content (AvgIpc) is 2.83. The highest BCUT2D eigenvalue weighted by Gasteiger charge is 2.36. The van der Waals surface area contributed by atoms with E-state index in [-0.39, 0.29) is 17.6 Å². The summed E-state index contributed by atoms with van der Waals surface area (Å²) in [6.07, 6.45) is 2.66. The van der Waals surface area contributed by atoms with E-state index in [0.717, 1.165) is 34.4 Å². The summed E-state index contributed by atoms with van der Waals surface area (Å²) < 4.78 is 10.2. The Morgan fingerprint density at radius 2 is 1.96 bits per heavy atom. The minimum Gasteiger partial charge on any atom is -0.491 e. The Morgan fingerprint density at radius 1 is 1.29 bits per heavy atom. The molecule has 128 valence electrons. The number of nitrogens with zero attached hydrogens (tertiary/aromatic N) is 1. The first-order valence-electron chi connectivity index (χ1n) is 7.53. The number of hydrogen-bond acceptors (Lipinski definition) is 6. The van der Waals surface area contributed by atoms with E-state index >= 15 is 0 Å². The fourth-order valence-electron chi connectivity index (χ4n) is 1.94. The number of amides is 2. The van der Waals surface area contributed by atoms with Gasteiger partial charge in [-0.3, -0.25) is 19.3 Å². The molecule has 0 unspecified atom stereocenters. The zero-order valence-electron chi connectivity index (χ0n) is 13.8. The van der Waals surface area contributed by atoms with Gasteiger partial charge in [0.25, 0.3) is 11.1 Å². The van der Waals surface area contributed by atoms with Crippen LogP contribution in [0.15, 0.2) is 29.2 Å². The summed E-state index contributed by atoms with van der Waals surface area (Å²) in [6.45, 7) is 3.66. The number of methoxy groups -OCH3 is 1. The summed E-state index contributed by atoms with van der Waals surface area (Å²) in [4.78, 5) is 36.5. The smallest absolute Gasteiger partial charge is 0.325 e. The molecule has 24 heavy (non-hydrogen) atoms. The number of thioether (sulfide) groups is 1. The normalized spacial score (nSPS) is 17.3. The van der Waals surface area contributed by atoms with Crippen molar-refractivity contribution in [2.24, 2.45) is 0 Å². The average molecular weight is 349 g/mol. The molecule has 1 aromatic carbocycles. The van der Waals surface area contributed by atoms with Gasteiger partial charge in [0.15, 0.2) is 0 Å².